The van der Waals surface area contributed by atoms with Gasteiger partial charge in [0.25, 0.3) is 5.91 Å². The van der Waals surface area contributed by atoms with Crippen molar-refractivity contribution in [1.82, 2.24) is 19.9 Å². The predicted molar refractivity (Wildman–Crippen MR) is 119 cm³/mol. The Morgan fingerprint density at radius 3 is 2.83 bits per heavy atom. The first-order valence-corrected chi connectivity index (χ1v) is 11.6. The molecule has 0 radical (unpaired) electrons. The number of aromatic nitrogens is 2. The SMILES string of the molecule is Cc1cc(Br)c(O)c(C(=O)N2CCN(CCCc3nc(-c4cccs4)no3)CC2)c1. The Balaban J connectivity index is 1.25. The number of aryl methyl sites for hydroxylation is 2. The van der Waals surface area contributed by atoms with Crippen molar-refractivity contribution in [3.05, 3.63) is 51.1 Å². The standard InChI is InChI=1S/C21H23BrN4O3S/c1-14-12-15(19(27)16(22)13-14)21(28)26-9-7-25(8-10-26)6-2-5-18-23-20(24-29-18)17-4-3-11-30-17/h3-4,11-13,27H,2,5-10H2,1H3. The number of phenolic OH excluding ortho intramolecular Hbond substituents is 1. The van der Waals surface area contributed by atoms with Crippen molar-refractivity contribution in [2.45, 2.75) is 19.8 Å². The van der Waals surface area contributed by atoms with Gasteiger partial charge in [0.15, 0.2) is 0 Å². The number of hydrogen-bond acceptors (Lipinski definition) is 7. The number of aromatic hydroxyl groups is 1. The third-order valence-corrected chi connectivity index (χ3v) is 6.64. The maximum Gasteiger partial charge on any atom is 0.257 e. The monoisotopic (exact) mass is 490 g/mol. The number of carbonyl (C=O) groups excluding carboxylic acids is 1. The topological polar surface area (TPSA) is 82.7 Å². The fourth-order valence-corrected chi connectivity index (χ4v) is 4.78. The molecular weight excluding hydrogens is 468 g/mol. The van der Waals surface area contributed by atoms with Gasteiger partial charge in [0.05, 0.1) is 14.9 Å². The summed E-state index contributed by atoms with van der Waals surface area (Å²) in [5.41, 5.74) is 1.29. The van der Waals surface area contributed by atoms with Gasteiger partial charge >= 0.3 is 0 Å². The van der Waals surface area contributed by atoms with E-state index in [1.165, 1.54) is 0 Å². The van der Waals surface area contributed by atoms with E-state index in [1.807, 2.05) is 29.3 Å². The van der Waals surface area contributed by atoms with Gasteiger partial charge < -0.3 is 14.5 Å². The van der Waals surface area contributed by atoms with E-state index >= 15 is 0 Å². The van der Waals surface area contributed by atoms with Gasteiger partial charge in [0.1, 0.15) is 5.75 Å². The van der Waals surface area contributed by atoms with Crippen LogP contribution in [0, 0.1) is 6.92 Å². The summed E-state index contributed by atoms with van der Waals surface area (Å²) in [6.45, 7) is 5.74. The molecule has 1 aromatic carbocycles. The van der Waals surface area contributed by atoms with Crippen LogP contribution in [0.2, 0.25) is 0 Å². The van der Waals surface area contributed by atoms with E-state index < -0.39 is 0 Å². The first-order chi connectivity index (χ1) is 14.5. The average molecular weight is 491 g/mol. The second kappa shape index (κ2) is 9.28. The first kappa shape index (κ1) is 21.0. The van der Waals surface area contributed by atoms with Gasteiger partial charge in [-0.05, 0) is 65.0 Å². The van der Waals surface area contributed by atoms with Gasteiger partial charge in [-0.15, -0.1) is 11.3 Å². The summed E-state index contributed by atoms with van der Waals surface area (Å²) in [4.78, 5) is 22.5. The van der Waals surface area contributed by atoms with E-state index in [0.29, 0.717) is 34.8 Å². The van der Waals surface area contributed by atoms with Crippen LogP contribution in [0.15, 0.2) is 38.6 Å². The molecule has 1 fully saturated rings. The lowest BCUT2D eigenvalue weighted by Crippen LogP contribution is -2.48. The number of hydrogen-bond donors (Lipinski definition) is 1. The number of amides is 1. The lowest BCUT2D eigenvalue weighted by atomic mass is 10.1. The fraction of sp³-hybridized carbons (Fsp3) is 0.381. The molecule has 1 aliphatic rings. The Hall–Kier alpha value is -2.23. The lowest BCUT2D eigenvalue weighted by molar-refractivity contribution is 0.0632. The third kappa shape index (κ3) is 4.74. The number of rotatable bonds is 6. The Labute approximate surface area is 187 Å². The Morgan fingerprint density at radius 2 is 2.10 bits per heavy atom. The molecule has 1 amide bonds. The van der Waals surface area contributed by atoms with Crippen molar-refractivity contribution in [3.63, 3.8) is 0 Å². The second-order valence-electron chi connectivity index (χ2n) is 7.37. The maximum atomic E-state index is 12.8. The number of nitrogens with zero attached hydrogens (tertiary/aromatic N) is 4. The van der Waals surface area contributed by atoms with Gasteiger partial charge in [-0.3, -0.25) is 9.69 Å². The molecule has 1 saturated heterocycles. The zero-order valence-corrected chi connectivity index (χ0v) is 19.1. The highest BCUT2D eigenvalue weighted by atomic mass is 79.9. The number of phenols is 1. The quantitative estimate of drug-likeness (QED) is 0.562. The maximum absolute atomic E-state index is 12.8. The largest absolute Gasteiger partial charge is 0.506 e. The number of carbonyl (C=O) groups is 1. The minimum Gasteiger partial charge on any atom is -0.506 e. The van der Waals surface area contributed by atoms with Crippen LogP contribution in [0.25, 0.3) is 10.7 Å². The molecule has 7 nitrogen and oxygen atoms in total. The van der Waals surface area contributed by atoms with Crippen molar-refractivity contribution in [1.29, 1.82) is 0 Å². The molecule has 0 spiro atoms. The number of benzene rings is 1. The van der Waals surface area contributed by atoms with Gasteiger partial charge in [0, 0.05) is 32.6 Å². The molecule has 0 bridgehead atoms. The van der Waals surface area contributed by atoms with E-state index in [4.69, 9.17) is 4.52 Å². The zero-order valence-electron chi connectivity index (χ0n) is 16.7. The van der Waals surface area contributed by atoms with Gasteiger partial charge in [-0.1, -0.05) is 11.2 Å². The molecule has 0 atom stereocenters. The summed E-state index contributed by atoms with van der Waals surface area (Å²) in [5, 5.41) is 16.3. The summed E-state index contributed by atoms with van der Waals surface area (Å²) in [7, 11) is 0. The van der Waals surface area contributed by atoms with Crippen LogP contribution < -0.4 is 0 Å². The highest BCUT2D eigenvalue weighted by molar-refractivity contribution is 9.10. The lowest BCUT2D eigenvalue weighted by Gasteiger charge is -2.34. The predicted octanol–water partition coefficient (Wildman–Crippen LogP) is 3.97. The Morgan fingerprint density at radius 1 is 1.30 bits per heavy atom. The molecular formula is C21H23BrN4O3S. The van der Waals surface area contributed by atoms with Crippen LogP contribution in [0.3, 0.4) is 0 Å². The smallest absolute Gasteiger partial charge is 0.257 e. The number of piperazine rings is 1. The molecule has 158 valence electrons. The van der Waals surface area contributed by atoms with E-state index in [-0.39, 0.29) is 11.7 Å². The highest BCUT2D eigenvalue weighted by Crippen LogP contribution is 2.30. The van der Waals surface area contributed by atoms with Crippen molar-refractivity contribution in [3.8, 4) is 16.5 Å². The molecule has 1 aliphatic heterocycles. The molecule has 9 heteroatoms. The van der Waals surface area contributed by atoms with Crippen molar-refractivity contribution in [2.24, 2.45) is 0 Å². The first-order valence-electron chi connectivity index (χ1n) is 9.88. The van der Waals surface area contributed by atoms with Crippen molar-refractivity contribution >= 4 is 33.2 Å². The van der Waals surface area contributed by atoms with Crippen molar-refractivity contribution < 1.29 is 14.4 Å². The summed E-state index contributed by atoms with van der Waals surface area (Å²) >= 11 is 4.91. The molecule has 1 N–H and O–H groups in total. The summed E-state index contributed by atoms with van der Waals surface area (Å²) in [6, 6.07) is 7.50. The molecule has 4 rings (SSSR count). The van der Waals surface area contributed by atoms with E-state index in [9.17, 15) is 9.90 Å². The minimum atomic E-state index is -0.122. The summed E-state index contributed by atoms with van der Waals surface area (Å²) in [6.07, 6.45) is 1.66. The average Bonchev–Trinajstić information content (AvgIpc) is 3.42. The molecule has 0 saturated carbocycles. The summed E-state index contributed by atoms with van der Waals surface area (Å²) < 4.78 is 5.90. The van der Waals surface area contributed by atoms with Crippen LogP contribution in [-0.2, 0) is 6.42 Å². The molecule has 0 aliphatic carbocycles. The third-order valence-electron chi connectivity index (χ3n) is 5.17. The van der Waals surface area contributed by atoms with E-state index in [2.05, 4.69) is 31.0 Å². The molecule has 0 unspecified atom stereocenters. The van der Waals surface area contributed by atoms with Gasteiger partial charge in [-0.2, -0.15) is 4.98 Å². The van der Waals surface area contributed by atoms with Crippen LogP contribution >= 0.6 is 27.3 Å². The van der Waals surface area contributed by atoms with Gasteiger partial charge in [-0.25, -0.2) is 0 Å². The number of halogens is 1. The van der Waals surface area contributed by atoms with Crippen LogP contribution in [-0.4, -0.2) is 63.7 Å². The van der Waals surface area contributed by atoms with Crippen LogP contribution in [0.4, 0.5) is 0 Å². The van der Waals surface area contributed by atoms with Crippen molar-refractivity contribution in [2.75, 3.05) is 32.7 Å². The molecule has 30 heavy (non-hydrogen) atoms. The van der Waals surface area contributed by atoms with Crippen LogP contribution in [0.1, 0.15) is 28.2 Å². The summed E-state index contributed by atoms with van der Waals surface area (Å²) in [5.74, 6) is 1.20. The minimum absolute atomic E-state index is 0.00880. The molecule has 3 aromatic rings. The highest BCUT2D eigenvalue weighted by Gasteiger charge is 2.25. The van der Waals surface area contributed by atoms with E-state index in [1.54, 1.807) is 23.5 Å². The molecule has 3 heterocycles. The van der Waals surface area contributed by atoms with Gasteiger partial charge in [0.2, 0.25) is 11.7 Å². The van der Waals surface area contributed by atoms with Crippen LogP contribution in [0.5, 0.6) is 5.75 Å². The fourth-order valence-electron chi connectivity index (χ4n) is 3.56. The molecule has 2 aromatic heterocycles. The second-order valence-corrected chi connectivity index (χ2v) is 9.17. The van der Waals surface area contributed by atoms with E-state index in [0.717, 1.165) is 42.9 Å². The Bertz CT molecular complexity index is 1010. The normalized spacial score (nSPS) is 14.9. The number of thiophene rings is 1. The zero-order chi connectivity index (χ0) is 21.1. The Kier molecular flexibility index (Phi) is 6.50.